The molecule has 84 valence electrons. The van der Waals surface area contributed by atoms with Gasteiger partial charge in [-0.3, -0.25) is 4.79 Å². The quantitative estimate of drug-likeness (QED) is 0.742. The van der Waals surface area contributed by atoms with Gasteiger partial charge in [-0.1, -0.05) is 0 Å². The number of amides is 1. The van der Waals surface area contributed by atoms with Crippen molar-refractivity contribution >= 4 is 5.91 Å². The van der Waals surface area contributed by atoms with E-state index in [4.69, 9.17) is 5.73 Å². The number of primary amides is 1. The van der Waals surface area contributed by atoms with Gasteiger partial charge in [0.2, 0.25) is 5.91 Å². The maximum atomic E-state index is 11.2. The topological polar surface area (TPSA) is 72.9 Å². The van der Waals surface area contributed by atoms with E-state index in [9.17, 15) is 4.79 Å². The molecule has 1 aromatic heterocycles. The molecular weight excluding hydrogens is 192 g/mol. The number of carbonyl (C=O) groups excluding carboxylic acids is 1. The molecule has 5 heteroatoms. The van der Waals surface area contributed by atoms with Crippen molar-refractivity contribution in [3.05, 3.63) is 17.7 Å². The van der Waals surface area contributed by atoms with Crippen LogP contribution in [0.2, 0.25) is 0 Å². The van der Waals surface area contributed by atoms with Crippen LogP contribution in [0.1, 0.15) is 24.5 Å². The molecule has 0 radical (unpaired) electrons. The zero-order valence-electron chi connectivity index (χ0n) is 9.61. The summed E-state index contributed by atoms with van der Waals surface area (Å²) in [6.07, 6.45) is 1.92. The number of nitrogens with two attached hydrogens (primary N) is 1. The van der Waals surface area contributed by atoms with Crippen LogP contribution in [0.3, 0.4) is 0 Å². The van der Waals surface area contributed by atoms with Gasteiger partial charge >= 0.3 is 0 Å². The maximum Gasteiger partial charge on any atom is 0.236 e. The second-order valence-electron chi connectivity index (χ2n) is 3.75. The van der Waals surface area contributed by atoms with Crippen molar-refractivity contribution < 1.29 is 4.79 Å². The summed E-state index contributed by atoms with van der Waals surface area (Å²) in [5, 5.41) is 2.91. The molecule has 0 aliphatic rings. The van der Waals surface area contributed by atoms with Gasteiger partial charge in [-0.25, -0.2) is 4.98 Å². The minimum absolute atomic E-state index is 0.0336. The third-order valence-electron chi connectivity index (χ3n) is 2.58. The van der Waals surface area contributed by atoms with Gasteiger partial charge in [0.1, 0.15) is 11.9 Å². The molecule has 5 nitrogen and oxygen atoms in total. The lowest BCUT2D eigenvalue weighted by Gasteiger charge is -2.22. The van der Waals surface area contributed by atoms with Gasteiger partial charge in [0.15, 0.2) is 0 Å². The normalized spacial score (nSPS) is 14.9. The molecule has 0 aliphatic heterocycles. The van der Waals surface area contributed by atoms with Crippen LogP contribution in [0.25, 0.3) is 0 Å². The second-order valence-corrected chi connectivity index (χ2v) is 3.75. The molecule has 0 bridgehead atoms. The summed E-state index contributed by atoms with van der Waals surface area (Å²) in [5.74, 6) is 0.539. The number of imidazole rings is 1. The standard InChI is InChI=1S/C10H18N4O/c1-6-5-14(8(3)13-6)7(2)9(12-4)10(11)15/h5,7,9,12H,1-4H3,(H2,11,15). The Morgan fingerprint density at radius 1 is 1.60 bits per heavy atom. The van der Waals surface area contributed by atoms with Crippen LogP contribution in [0.5, 0.6) is 0 Å². The van der Waals surface area contributed by atoms with E-state index >= 15 is 0 Å². The molecule has 1 heterocycles. The minimum atomic E-state index is -0.378. The van der Waals surface area contributed by atoms with Crippen LogP contribution < -0.4 is 11.1 Å². The maximum absolute atomic E-state index is 11.2. The number of hydrogen-bond acceptors (Lipinski definition) is 3. The van der Waals surface area contributed by atoms with Crippen molar-refractivity contribution in [3.63, 3.8) is 0 Å². The van der Waals surface area contributed by atoms with Gasteiger partial charge < -0.3 is 15.6 Å². The Labute approximate surface area is 89.7 Å². The number of hydrogen-bond donors (Lipinski definition) is 2. The Morgan fingerprint density at radius 3 is 2.53 bits per heavy atom. The first-order chi connectivity index (χ1) is 6.97. The largest absolute Gasteiger partial charge is 0.368 e. The van der Waals surface area contributed by atoms with Crippen molar-refractivity contribution in [1.29, 1.82) is 0 Å². The first kappa shape index (κ1) is 11.7. The van der Waals surface area contributed by atoms with Crippen LogP contribution >= 0.6 is 0 Å². The summed E-state index contributed by atoms with van der Waals surface area (Å²) in [4.78, 5) is 15.5. The smallest absolute Gasteiger partial charge is 0.236 e. The molecule has 2 atom stereocenters. The highest BCUT2D eigenvalue weighted by atomic mass is 16.1. The van der Waals surface area contributed by atoms with E-state index in [1.165, 1.54) is 0 Å². The second kappa shape index (κ2) is 4.44. The Hall–Kier alpha value is -1.36. The monoisotopic (exact) mass is 210 g/mol. The lowest BCUT2D eigenvalue weighted by Crippen LogP contribution is -2.44. The number of aromatic nitrogens is 2. The number of likely N-dealkylation sites (N-methyl/N-ethyl adjacent to an activating group) is 1. The van der Waals surface area contributed by atoms with E-state index in [0.717, 1.165) is 11.5 Å². The van der Waals surface area contributed by atoms with Crippen molar-refractivity contribution in [2.24, 2.45) is 5.73 Å². The van der Waals surface area contributed by atoms with E-state index in [1.54, 1.807) is 7.05 Å². The predicted molar refractivity (Wildman–Crippen MR) is 58.5 cm³/mol. The molecule has 1 amide bonds. The summed E-state index contributed by atoms with van der Waals surface area (Å²) >= 11 is 0. The van der Waals surface area contributed by atoms with Gasteiger partial charge in [0, 0.05) is 6.20 Å². The average molecular weight is 210 g/mol. The minimum Gasteiger partial charge on any atom is -0.368 e. The number of carbonyl (C=O) groups is 1. The Kier molecular flexibility index (Phi) is 3.47. The number of nitrogens with one attached hydrogen (secondary N) is 1. The molecule has 0 saturated carbocycles. The van der Waals surface area contributed by atoms with E-state index in [-0.39, 0.29) is 18.0 Å². The first-order valence-electron chi connectivity index (χ1n) is 4.96. The fraction of sp³-hybridized carbons (Fsp3) is 0.600. The third-order valence-corrected chi connectivity index (χ3v) is 2.58. The molecule has 1 rings (SSSR count). The van der Waals surface area contributed by atoms with E-state index < -0.39 is 0 Å². The third kappa shape index (κ3) is 2.36. The number of rotatable bonds is 4. The molecule has 3 N–H and O–H groups in total. The van der Waals surface area contributed by atoms with E-state index in [0.29, 0.717) is 0 Å². The van der Waals surface area contributed by atoms with Gasteiger partial charge in [0.25, 0.3) is 0 Å². The summed E-state index contributed by atoms with van der Waals surface area (Å²) in [5.41, 5.74) is 6.25. The van der Waals surface area contributed by atoms with Gasteiger partial charge in [-0.2, -0.15) is 0 Å². The van der Waals surface area contributed by atoms with Crippen molar-refractivity contribution in [3.8, 4) is 0 Å². The summed E-state index contributed by atoms with van der Waals surface area (Å²) in [6.45, 7) is 5.78. The van der Waals surface area contributed by atoms with Crippen LogP contribution in [0.4, 0.5) is 0 Å². The van der Waals surface area contributed by atoms with Gasteiger partial charge in [-0.05, 0) is 27.8 Å². The molecule has 15 heavy (non-hydrogen) atoms. The average Bonchev–Trinajstić information content (AvgIpc) is 2.45. The summed E-state index contributed by atoms with van der Waals surface area (Å²) < 4.78 is 1.96. The van der Waals surface area contributed by atoms with Crippen LogP contribution in [-0.2, 0) is 4.79 Å². The number of aryl methyl sites for hydroxylation is 2. The molecule has 1 aromatic rings. The number of nitrogens with zero attached hydrogens (tertiary/aromatic N) is 2. The van der Waals surface area contributed by atoms with Crippen LogP contribution in [0.15, 0.2) is 6.20 Å². The van der Waals surface area contributed by atoms with E-state index in [1.807, 2.05) is 31.5 Å². The fourth-order valence-electron chi connectivity index (χ4n) is 1.83. The lowest BCUT2D eigenvalue weighted by molar-refractivity contribution is -0.120. The van der Waals surface area contributed by atoms with E-state index in [2.05, 4.69) is 10.3 Å². The Balaban J connectivity index is 2.96. The van der Waals surface area contributed by atoms with Crippen molar-refractivity contribution in [2.45, 2.75) is 32.9 Å². The fourth-order valence-corrected chi connectivity index (χ4v) is 1.83. The van der Waals surface area contributed by atoms with Crippen molar-refractivity contribution in [1.82, 2.24) is 14.9 Å². The lowest BCUT2D eigenvalue weighted by atomic mass is 10.1. The molecule has 0 fully saturated rings. The summed E-state index contributed by atoms with van der Waals surface area (Å²) in [6, 6.07) is -0.411. The first-order valence-corrected chi connectivity index (χ1v) is 4.96. The molecule has 0 saturated heterocycles. The van der Waals surface area contributed by atoms with Crippen LogP contribution in [0, 0.1) is 13.8 Å². The zero-order chi connectivity index (χ0) is 11.6. The SMILES string of the molecule is CNC(C(N)=O)C(C)n1cc(C)nc1C. The molecule has 0 aliphatic carbocycles. The van der Waals surface area contributed by atoms with Gasteiger partial charge in [-0.15, -0.1) is 0 Å². The highest BCUT2D eigenvalue weighted by Gasteiger charge is 2.23. The molecule has 0 aromatic carbocycles. The molecular formula is C10H18N4O. The van der Waals surface area contributed by atoms with Gasteiger partial charge in [0.05, 0.1) is 11.7 Å². The highest BCUT2D eigenvalue weighted by molar-refractivity contribution is 5.80. The molecule has 2 unspecified atom stereocenters. The Bertz CT molecular complexity index is 358. The highest BCUT2D eigenvalue weighted by Crippen LogP contribution is 2.14. The summed E-state index contributed by atoms with van der Waals surface area (Å²) in [7, 11) is 1.73. The zero-order valence-corrected chi connectivity index (χ0v) is 9.61. The van der Waals surface area contributed by atoms with Crippen LogP contribution in [-0.4, -0.2) is 28.5 Å². The predicted octanol–water partition coefficient (Wildman–Crippen LogP) is 0.134. The van der Waals surface area contributed by atoms with Crippen molar-refractivity contribution in [2.75, 3.05) is 7.05 Å². The Morgan fingerprint density at radius 2 is 2.20 bits per heavy atom. The molecule has 0 spiro atoms.